The Balaban J connectivity index is 2.59. The first kappa shape index (κ1) is 9.77. The summed E-state index contributed by atoms with van der Waals surface area (Å²) in [7, 11) is 0. The van der Waals surface area contributed by atoms with Gasteiger partial charge in [0.15, 0.2) is 0 Å². The molecule has 13 heavy (non-hydrogen) atoms. The van der Waals surface area contributed by atoms with Crippen molar-refractivity contribution in [2.45, 2.75) is 26.9 Å². The largest absolute Gasteiger partial charge is 0.473 e. The molecule has 1 rings (SSSR count). The molecular weight excluding hydrogens is 166 g/mol. The number of nitrogens with zero attached hydrogens (tertiary/aromatic N) is 2. The van der Waals surface area contributed by atoms with Gasteiger partial charge in [-0.2, -0.15) is 0 Å². The van der Waals surface area contributed by atoms with Crippen molar-refractivity contribution >= 4 is 5.82 Å². The molecule has 0 aliphatic carbocycles. The zero-order valence-corrected chi connectivity index (χ0v) is 8.19. The zero-order valence-electron chi connectivity index (χ0n) is 8.19. The van der Waals surface area contributed by atoms with E-state index in [0.29, 0.717) is 17.6 Å². The summed E-state index contributed by atoms with van der Waals surface area (Å²) in [6.45, 7) is 6.19. The summed E-state index contributed by atoms with van der Waals surface area (Å²) in [5.74, 6) is 1.39. The average molecular weight is 181 g/mol. The van der Waals surface area contributed by atoms with E-state index >= 15 is 0 Å². The summed E-state index contributed by atoms with van der Waals surface area (Å²) in [4.78, 5) is 0. The van der Waals surface area contributed by atoms with Crippen LogP contribution < -0.4 is 10.5 Å². The van der Waals surface area contributed by atoms with Gasteiger partial charge in [-0.3, -0.25) is 0 Å². The molecule has 1 aromatic rings. The fourth-order valence-electron chi connectivity index (χ4n) is 0.720. The van der Waals surface area contributed by atoms with Crippen LogP contribution in [0.5, 0.6) is 5.88 Å². The lowest BCUT2D eigenvalue weighted by molar-refractivity contribution is 0.162. The van der Waals surface area contributed by atoms with Crippen molar-refractivity contribution in [2.75, 3.05) is 5.73 Å². The van der Waals surface area contributed by atoms with Crippen LogP contribution in [0.3, 0.4) is 0 Å². The number of hydrogen-bond donors (Lipinski definition) is 1. The third-order valence-corrected chi connectivity index (χ3v) is 1.91. The van der Waals surface area contributed by atoms with Gasteiger partial charge in [0.2, 0.25) is 5.88 Å². The Hall–Kier alpha value is -1.32. The summed E-state index contributed by atoms with van der Waals surface area (Å²) in [5, 5.41) is 7.50. The normalized spacial score (nSPS) is 12.9. The molecule has 0 aliphatic rings. The maximum atomic E-state index is 5.50. The van der Waals surface area contributed by atoms with Gasteiger partial charge in [0.25, 0.3) is 0 Å². The predicted octanol–water partition coefficient (Wildman–Crippen LogP) is 1.48. The molecule has 0 saturated heterocycles. The van der Waals surface area contributed by atoms with E-state index in [0.717, 1.165) is 0 Å². The maximum Gasteiger partial charge on any atom is 0.233 e. The van der Waals surface area contributed by atoms with E-state index in [2.05, 4.69) is 24.0 Å². The molecule has 0 radical (unpaired) electrons. The van der Waals surface area contributed by atoms with Gasteiger partial charge in [0, 0.05) is 6.07 Å². The van der Waals surface area contributed by atoms with Gasteiger partial charge >= 0.3 is 0 Å². The number of nitrogen functional groups attached to an aromatic ring is 1. The summed E-state index contributed by atoms with van der Waals surface area (Å²) >= 11 is 0. The standard InChI is InChI=1S/C9H15N3O/c1-6(2)7(3)13-9-5-4-8(10)11-12-9/h4-7H,1-3H3,(H2,10,11). The Bertz CT molecular complexity index is 258. The number of rotatable bonds is 3. The Labute approximate surface area is 78.1 Å². The Kier molecular flexibility index (Phi) is 3.06. The molecule has 4 nitrogen and oxygen atoms in total. The third kappa shape index (κ3) is 2.89. The van der Waals surface area contributed by atoms with Crippen molar-refractivity contribution in [3.05, 3.63) is 12.1 Å². The van der Waals surface area contributed by atoms with Crippen LogP contribution in [-0.2, 0) is 0 Å². The summed E-state index contributed by atoms with van der Waals surface area (Å²) in [5.41, 5.74) is 5.39. The Morgan fingerprint density at radius 2 is 1.92 bits per heavy atom. The van der Waals surface area contributed by atoms with Gasteiger partial charge < -0.3 is 10.5 Å². The molecule has 0 spiro atoms. The molecule has 2 N–H and O–H groups in total. The topological polar surface area (TPSA) is 61.0 Å². The van der Waals surface area contributed by atoms with Crippen LogP contribution in [0.1, 0.15) is 20.8 Å². The van der Waals surface area contributed by atoms with E-state index in [1.54, 1.807) is 12.1 Å². The van der Waals surface area contributed by atoms with Crippen LogP contribution in [0.25, 0.3) is 0 Å². The van der Waals surface area contributed by atoms with Crippen molar-refractivity contribution in [3.63, 3.8) is 0 Å². The van der Waals surface area contributed by atoms with E-state index in [1.165, 1.54) is 0 Å². The lowest BCUT2D eigenvalue weighted by atomic mass is 10.1. The summed E-state index contributed by atoms with van der Waals surface area (Å²) in [6.07, 6.45) is 0.137. The van der Waals surface area contributed by atoms with Crippen LogP contribution in [-0.4, -0.2) is 16.3 Å². The molecule has 72 valence electrons. The number of anilines is 1. The molecule has 0 fully saturated rings. The number of aromatic nitrogens is 2. The minimum atomic E-state index is 0.137. The Morgan fingerprint density at radius 1 is 1.23 bits per heavy atom. The van der Waals surface area contributed by atoms with Gasteiger partial charge in [-0.05, 0) is 18.9 Å². The summed E-state index contributed by atoms with van der Waals surface area (Å²) < 4.78 is 5.50. The van der Waals surface area contributed by atoms with E-state index < -0.39 is 0 Å². The lowest BCUT2D eigenvalue weighted by Gasteiger charge is -2.16. The molecule has 0 aromatic carbocycles. The fraction of sp³-hybridized carbons (Fsp3) is 0.556. The van der Waals surface area contributed by atoms with Crippen molar-refractivity contribution < 1.29 is 4.74 Å². The van der Waals surface area contributed by atoms with Crippen molar-refractivity contribution in [2.24, 2.45) is 5.92 Å². The monoisotopic (exact) mass is 181 g/mol. The van der Waals surface area contributed by atoms with E-state index in [4.69, 9.17) is 10.5 Å². The Morgan fingerprint density at radius 3 is 2.38 bits per heavy atom. The molecule has 1 heterocycles. The van der Waals surface area contributed by atoms with Crippen molar-refractivity contribution in [3.8, 4) is 5.88 Å². The molecule has 1 atom stereocenters. The summed E-state index contributed by atoms with van der Waals surface area (Å²) in [6, 6.07) is 3.40. The highest BCUT2D eigenvalue weighted by atomic mass is 16.5. The van der Waals surface area contributed by atoms with E-state index in [1.807, 2.05) is 6.92 Å². The fourth-order valence-corrected chi connectivity index (χ4v) is 0.720. The van der Waals surface area contributed by atoms with Gasteiger partial charge in [0.05, 0.1) is 6.10 Å². The van der Waals surface area contributed by atoms with E-state index in [9.17, 15) is 0 Å². The van der Waals surface area contributed by atoms with Crippen LogP contribution >= 0.6 is 0 Å². The first-order chi connectivity index (χ1) is 6.09. The SMILES string of the molecule is CC(C)C(C)Oc1ccc(N)nn1. The minimum absolute atomic E-state index is 0.137. The van der Waals surface area contributed by atoms with E-state index in [-0.39, 0.29) is 6.10 Å². The number of ether oxygens (including phenoxy) is 1. The second kappa shape index (κ2) is 4.07. The molecule has 0 aliphatic heterocycles. The minimum Gasteiger partial charge on any atom is -0.473 e. The molecule has 4 heteroatoms. The second-order valence-electron chi connectivity index (χ2n) is 3.36. The van der Waals surface area contributed by atoms with Gasteiger partial charge in [-0.15, -0.1) is 10.2 Å². The number of hydrogen-bond acceptors (Lipinski definition) is 4. The molecular formula is C9H15N3O. The van der Waals surface area contributed by atoms with Crippen LogP contribution in [0.15, 0.2) is 12.1 Å². The van der Waals surface area contributed by atoms with Crippen LogP contribution in [0.4, 0.5) is 5.82 Å². The lowest BCUT2D eigenvalue weighted by Crippen LogP contribution is -2.19. The molecule has 1 unspecified atom stereocenters. The number of nitrogens with two attached hydrogens (primary N) is 1. The molecule has 0 saturated carbocycles. The third-order valence-electron chi connectivity index (χ3n) is 1.91. The molecule has 1 aromatic heterocycles. The van der Waals surface area contributed by atoms with Crippen LogP contribution in [0, 0.1) is 5.92 Å². The highest BCUT2D eigenvalue weighted by Crippen LogP contribution is 2.12. The molecule has 0 bridgehead atoms. The smallest absolute Gasteiger partial charge is 0.233 e. The first-order valence-electron chi connectivity index (χ1n) is 4.35. The zero-order chi connectivity index (χ0) is 9.84. The highest BCUT2D eigenvalue weighted by Gasteiger charge is 2.09. The van der Waals surface area contributed by atoms with Gasteiger partial charge in [0.1, 0.15) is 5.82 Å². The highest BCUT2D eigenvalue weighted by molar-refractivity contribution is 5.27. The predicted molar refractivity (Wildman–Crippen MR) is 51.4 cm³/mol. The van der Waals surface area contributed by atoms with Crippen LogP contribution in [0.2, 0.25) is 0 Å². The van der Waals surface area contributed by atoms with Gasteiger partial charge in [-0.1, -0.05) is 13.8 Å². The van der Waals surface area contributed by atoms with Crippen molar-refractivity contribution in [1.29, 1.82) is 0 Å². The maximum absolute atomic E-state index is 5.50. The van der Waals surface area contributed by atoms with Crippen molar-refractivity contribution in [1.82, 2.24) is 10.2 Å². The average Bonchev–Trinajstić information content (AvgIpc) is 2.08. The molecule has 0 amide bonds. The van der Waals surface area contributed by atoms with Gasteiger partial charge in [-0.25, -0.2) is 0 Å². The quantitative estimate of drug-likeness (QED) is 0.767. The second-order valence-corrected chi connectivity index (χ2v) is 3.36. The first-order valence-corrected chi connectivity index (χ1v) is 4.35.